The van der Waals surface area contributed by atoms with E-state index in [0.717, 1.165) is 73.9 Å². The van der Waals surface area contributed by atoms with Gasteiger partial charge in [0.15, 0.2) is 11.5 Å². The second-order valence-corrected chi connectivity index (χ2v) is 9.61. The molecule has 0 bridgehead atoms. The van der Waals surface area contributed by atoms with Crippen molar-refractivity contribution in [2.45, 2.75) is 52.4 Å². The minimum absolute atomic E-state index is 0. The quantitative estimate of drug-likeness (QED) is 0.371. The zero-order valence-corrected chi connectivity index (χ0v) is 22.4. The van der Waals surface area contributed by atoms with Crippen molar-refractivity contribution in [3.05, 3.63) is 76.0 Å². The zero-order valence-electron chi connectivity index (χ0n) is 21.6. The first-order valence-corrected chi connectivity index (χ1v) is 12.6. The Kier molecular flexibility index (Phi) is 8.16. The van der Waals surface area contributed by atoms with Crippen molar-refractivity contribution in [2.24, 2.45) is 7.05 Å². The molecule has 0 radical (unpaired) electrons. The summed E-state index contributed by atoms with van der Waals surface area (Å²) in [5, 5.41) is 16.8. The maximum Gasteiger partial charge on any atom is 0.159 e. The van der Waals surface area contributed by atoms with Gasteiger partial charge < -0.3 is 0 Å². The molecule has 0 N–H and O–H groups in total. The van der Waals surface area contributed by atoms with Crippen LogP contribution in [0.25, 0.3) is 11.7 Å². The van der Waals surface area contributed by atoms with Gasteiger partial charge in [0.05, 0.1) is 5.69 Å². The smallest absolute Gasteiger partial charge is 0.159 e. The molecular formula is C27H35ClN8. The van der Waals surface area contributed by atoms with E-state index in [1.54, 1.807) is 4.68 Å². The fraction of sp³-hybridized carbons (Fsp3) is 0.444. The summed E-state index contributed by atoms with van der Waals surface area (Å²) in [6.07, 6.45) is 8.47. The van der Waals surface area contributed by atoms with E-state index in [9.17, 15) is 0 Å². The van der Waals surface area contributed by atoms with Crippen LogP contribution >= 0.6 is 12.4 Å². The molecule has 8 nitrogen and oxygen atoms in total. The summed E-state index contributed by atoms with van der Waals surface area (Å²) in [4.78, 5) is 7.30. The van der Waals surface area contributed by atoms with E-state index in [1.165, 1.54) is 16.7 Å². The monoisotopic (exact) mass is 506 g/mol. The van der Waals surface area contributed by atoms with Crippen LogP contribution in [0.2, 0.25) is 0 Å². The molecule has 0 atom stereocenters. The van der Waals surface area contributed by atoms with E-state index in [4.69, 9.17) is 10.1 Å². The van der Waals surface area contributed by atoms with E-state index >= 15 is 0 Å². The lowest BCUT2D eigenvalue weighted by Crippen LogP contribution is -2.33. The van der Waals surface area contributed by atoms with Crippen molar-refractivity contribution in [1.29, 1.82) is 0 Å². The van der Waals surface area contributed by atoms with Gasteiger partial charge in [-0.05, 0) is 73.8 Å². The van der Waals surface area contributed by atoms with Crippen LogP contribution in [0.4, 0.5) is 0 Å². The topological polar surface area (TPSA) is 77.0 Å². The summed E-state index contributed by atoms with van der Waals surface area (Å²) in [6.45, 7) is 9.43. The van der Waals surface area contributed by atoms with Crippen LogP contribution in [-0.2, 0) is 19.9 Å². The first-order valence-electron chi connectivity index (χ1n) is 12.6. The molecule has 9 heteroatoms. The second-order valence-electron chi connectivity index (χ2n) is 9.61. The van der Waals surface area contributed by atoms with Gasteiger partial charge in [-0.2, -0.15) is 5.10 Å². The van der Waals surface area contributed by atoms with Crippen LogP contribution in [0, 0.1) is 13.8 Å². The molecule has 1 aliphatic heterocycles. The number of tetrazole rings is 1. The fourth-order valence-electron chi connectivity index (χ4n) is 5.12. The number of aryl methyl sites for hydroxylation is 4. The van der Waals surface area contributed by atoms with Crippen LogP contribution in [-0.4, -0.2) is 59.3 Å². The predicted molar refractivity (Wildman–Crippen MR) is 145 cm³/mol. The number of rotatable bonds is 7. The number of hydrogen-bond acceptors (Lipinski definition) is 6. The lowest BCUT2D eigenvalue weighted by molar-refractivity contribution is 0.227. The van der Waals surface area contributed by atoms with E-state index < -0.39 is 0 Å². The third kappa shape index (κ3) is 5.50. The van der Waals surface area contributed by atoms with Gasteiger partial charge in [-0.3, -0.25) is 4.90 Å². The van der Waals surface area contributed by atoms with Crippen LogP contribution in [0.3, 0.4) is 0 Å². The number of likely N-dealkylation sites (tertiary alicyclic amines) is 1. The molecule has 36 heavy (non-hydrogen) atoms. The van der Waals surface area contributed by atoms with Gasteiger partial charge >= 0.3 is 0 Å². The molecule has 190 valence electrons. The Labute approximate surface area is 218 Å². The highest BCUT2D eigenvalue weighted by atomic mass is 35.5. The maximum atomic E-state index is 4.82. The Morgan fingerprint density at radius 3 is 2.50 bits per heavy atom. The molecule has 1 fully saturated rings. The van der Waals surface area contributed by atoms with Crippen LogP contribution in [0.5, 0.6) is 0 Å². The van der Waals surface area contributed by atoms with Crippen molar-refractivity contribution in [3.8, 4) is 0 Å². The molecular weight excluding hydrogens is 472 g/mol. The Morgan fingerprint density at radius 1 is 1.08 bits per heavy atom. The van der Waals surface area contributed by atoms with Crippen molar-refractivity contribution in [3.63, 3.8) is 0 Å². The molecule has 1 saturated heterocycles. The molecule has 0 spiro atoms. The van der Waals surface area contributed by atoms with Crippen LogP contribution < -0.4 is 0 Å². The number of halogens is 1. The molecule has 0 amide bonds. The summed E-state index contributed by atoms with van der Waals surface area (Å²) >= 11 is 0. The van der Waals surface area contributed by atoms with E-state index in [2.05, 4.69) is 76.8 Å². The number of hydrogen-bond donors (Lipinski definition) is 0. The molecule has 4 heterocycles. The summed E-state index contributed by atoms with van der Waals surface area (Å²) < 4.78 is 3.80. The first-order chi connectivity index (χ1) is 17.0. The highest BCUT2D eigenvalue weighted by molar-refractivity contribution is 5.85. The third-order valence-electron chi connectivity index (χ3n) is 7.05. The number of fused-ring (bicyclic) bond motifs is 1. The molecule has 4 aromatic rings. The zero-order chi connectivity index (χ0) is 24.4. The first kappa shape index (κ1) is 26.0. The predicted octanol–water partition coefficient (Wildman–Crippen LogP) is 4.34. The lowest BCUT2D eigenvalue weighted by atomic mass is 9.96. The molecule has 0 aliphatic carbocycles. The molecule has 1 aliphatic rings. The lowest BCUT2D eigenvalue weighted by Gasteiger charge is -2.30. The van der Waals surface area contributed by atoms with Gasteiger partial charge in [-0.25, -0.2) is 14.2 Å². The Balaban J connectivity index is 0.00000304. The van der Waals surface area contributed by atoms with Gasteiger partial charge in [0.25, 0.3) is 0 Å². The van der Waals surface area contributed by atoms with Gasteiger partial charge in [0, 0.05) is 42.9 Å². The van der Waals surface area contributed by atoms with Gasteiger partial charge in [0.1, 0.15) is 0 Å². The van der Waals surface area contributed by atoms with Crippen molar-refractivity contribution in [1.82, 2.24) is 39.7 Å². The summed E-state index contributed by atoms with van der Waals surface area (Å²) in [7, 11) is 1.93. The molecule has 0 saturated carbocycles. The molecule has 3 aromatic heterocycles. The summed E-state index contributed by atoms with van der Waals surface area (Å²) in [5.41, 5.74) is 8.04. The van der Waals surface area contributed by atoms with Crippen molar-refractivity contribution >= 4 is 24.1 Å². The average molecular weight is 507 g/mol. The van der Waals surface area contributed by atoms with Crippen molar-refractivity contribution < 1.29 is 0 Å². The maximum absolute atomic E-state index is 4.82. The second kappa shape index (κ2) is 11.3. The Morgan fingerprint density at radius 2 is 1.83 bits per heavy atom. The summed E-state index contributed by atoms with van der Waals surface area (Å²) in [6, 6.07) is 11.0. The number of nitrogens with zero attached hydrogens (tertiary/aromatic N) is 8. The van der Waals surface area contributed by atoms with Gasteiger partial charge in [-0.15, -0.1) is 17.5 Å². The number of benzene rings is 1. The normalized spacial score (nSPS) is 15.1. The van der Waals surface area contributed by atoms with Gasteiger partial charge in [-0.1, -0.05) is 43.3 Å². The van der Waals surface area contributed by atoms with E-state index in [-0.39, 0.29) is 12.4 Å². The standard InChI is InChI=1S/C27H34N8.ClH/c1-5-25-24(27-28-19(2)17-20(3)35(27)30-25)18-22-10-8-21(9-11-22)7-6-14-34-15-12-23(13-16-34)26-29-31-32-33(26)4;/h6-11,17,23H,5,12-16,18H2,1-4H3;1H/b7-6+;. The van der Waals surface area contributed by atoms with E-state index in [1.807, 2.05) is 18.5 Å². The number of piperidine rings is 1. The Hall–Kier alpha value is -3.10. The molecule has 5 rings (SSSR count). The average Bonchev–Trinajstić information content (AvgIpc) is 3.44. The third-order valence-corrected chi connectivity index (χ3v) is 7.05. The molecule has 0 unspecified atom stereocenters. The van der Waals surface area contributed by atoms with E-state index in [0.29, 0.717) is 5.92 Å². The molecule has 1 aromatic carbocycles. The largest absolute Gasteiger partial charge is 0.300 e. The van der Waals surface area contributed by atoms with Crippen molar-refractivity contribution in [2.75, 3.05) is 19.6 Å². The highest BCUT2D eigenvalue weighted by Crippen LogP contribution is 2.26. The SMILES string of the molecule is CCc1nn2c(C)cc(C)nc2c1Cc1ccc(/C=C/CN2CCC(c3nnnn3C)CC2)cc1.Cl. The fourth-order valence-corrected chi connectivity index (χ4v) is 5.12. The Bertz CT molecular complexity index is 1330. The minimum atomic E-state index is 0. The van der Waals surface area contributed by atoms with Crippen LogP contribution in [0.15, 0.2) is 36.4 Å². The minimum Gasteiger partial charge on any atom is -0.300 e. The van der Waals surface area contributed by atoms with Gasteiger partial charge in [0.2, 0.25) is 0 Å². The van der Waals surface area contributed by atoms with Crippen LogP contribution in [0.1, 0.15) is 65.3 Å². The highest BCUT2D eigenvalue weighted by Gasteiger charge is 2.23. The summed E-state index contributed by atoms with van der Waals surface area (Å²) in [5.74, 6) is 1.48. The number of aromatic nitrogens is 7.